The summed E-state index contributed by atoms with van der Waals surface area (Å²) in [6, 6.07) is 0. The Labute approximate surface area is 248 Å². The molecule has 230 valence electrons. The van der Waals surface area contributed by atoms with Crippen molar-refractivity contribution >= 4 is 5.91 Å². The van der Waals surface area contributed by atoms with Gasteiger partial charge in [-0.3, -0.25) is 4.79 Å². The number of carbonyl (C=O) groups is 1. The molecule has 3 fully saturated rings. The minimum atomic E-state index is 0.159. The van der Waals surface area contributed by atoms with Crippen LogP contribution in [0.5, 0.6) is 0 Å². The zero-order valence-corrected chi connectivity index (χ0v) is 27.7. The fourth-order valence-corrected chi connectivity index (χ4v) is 9.88. The van der Waals surface area contributed by atoms with Gasteiger partial charge in [0.1, 0.15) is 6.54 Å². The van der Waals surface area contributed by atoms with Crippen LogP contribution in [0.15, 0.2) is 11.6 Å². The lowest BCUT2D eigenvalue weighted by Gasteiger charge is -2.58. The average molecular weight is 558 g/mol. The molecule has 1 amide bonds. The quantitative estimate of drug-likeness (QED) is 0.142. The number of allylic oxidation sites excluding steroid dienone is 2. The maximum Gasteiger partial charge on any atom is 0.223 e. The summed E-state index contributed by atoms with van der Waals surface area (Å²) in [6.07, 6.45) is 18.0. The Morgan fingerprint density at radius 3 is 2.50 bits per heavy atom. The minimum absolute atomic E-state index is 0.159. The first-order valence-electron chi connectivity index (χ1n) is 17.2. The first kappa shape index (κ1) is 32.1. The van der Waals surface area contributed by atoms with Crippen LogP contribution >= 0.6 is 0 Å². The standard InChI is InChI=1S/C36H64N2O2/c1-26(2)11-9-12-27(3)31-15-16-32-30-14-13-29-25-28(17-19-35(29,4)33(30)18-20-36(31,32)5)34(39)37-21-10-23-40-24-22-38(6,7)8/h13,26-28,30-33H,9-12,14-25H2,1-8H3/p+1/t27-,28?,30?,31-,32?,33?,35+,36-/m1/s1. The number of nitrogens with one attached hydrogen (secondary N) is 1. The van der Waals surface area contributed by atoms with Crippen LogP contribution in [0.4, 0.5) is 0 Å². The zero-order chi connectivity index (χ0) is 29.1. The average Bonchev–Trinajstić information content (AvgIpc) is 3.24. The molecule has 4 heteroatoms. The SMILES string of the molecule is CC(C)CCC[C@@H](C)[C@H]1CCC2C3CC=C4CC(C(=O)NCCCOCC[N+](C)(C)C)CC[C@]4(C)C3CC[C@@]21C. The number of hydrogen-bond donors (Lipinski definition) is 1. The highest BCUT2D eigenvalue weighted by Gasteiger charge is 2.59. The normalized spacial score (nSPS) is 36.4. The maximum atomic E-state index is 13.1. The number of fused-ring (bicyclic) bond motifs is 5. The highest BCUT2D eigenvalue weighted by Crippen LogP contribution is 2.67. The molecular formula is C36H65N2O2+. The Morgan fingerprint density at radius 1 is 1.00 bits per heavy atom. The highest BCUT2D eigenvalue weighted by atomic mass is 16.5. The van der Waals surface area contributed by atoms with Gasteiger partial charge in [-0.25, -0.2) is 0 Å². The fourth-order valence-electron chi connectivity index (χ4n) is 9.88. The number of hydrogen-bond acceptors (Lipinski definition) is 2. The van der Waals surface area contributed by atoms with Gasteiger partial charge in [-0.05, 0) is 104 Å². The van der Waals surface area contributed by atoms with Crippen molar-refractivity contribution in [2.45, 2.75) is 112 Å². The minimum Gasteiger partial charge on any atom is -0.376 e. The molecule has 4 aliphatic carbocycles. The van der Waals surface area contributed by atoms with E-state index < -0.39 is 0 Å². The summed E-state index contributed by atoms with van der Waals surface area (Å²) in [7, 11) is 6.56. The molecule has 0 aromatic carbocycles. The Bertz CT molecular complexity index is 875. The predicted octanol–water partition coefficient (Wildman–Crippen LogP) is 7.87. The van der Waals surface area contributed by atoms with Gasteiger partial charge >= 0.3 is 0 Å². The summed E-state index contributed by atoms with van der Waals surface area (Å²) in [6.45, 7) is 15.9. The van der Waals surface area contributed by atoms with E-state index in [1.165, 1.54) is 57.8 Å². The molecule has 0 aromatic heterocycles. The lowest BCUT2D eigenvalue weighted by Crippen LogP contribution is -2.51. The van der Waals surface area contributed by atoms with Gasteiger partial charge in [0.25, 0.3) is 0 Å². The van der Waals surface area contributed by atoms with Gasteiger partial charge in [-0.15, -0.1) is 0 Å². The molecule has 40 heavy (non-hydrogen) atoms. The van der Waals surface area contributed by atoms with Gasteiger partial charge < -0.3 is 14.5 Å². The summed E-state index contributed by atoms with van der Waals surface area (Å²) < 4.78 is 6.70. The molecule has 4 unspecified atom stereocenters. The third-order valence-corrected chi connectivity index (χ3v) is 12.3. The number of likely N-dealkylation sites (N-methyl/N-ethyl adjacent to an activating group) is 1. The molecule has 0 aliphatic heterocycles. The van der Waals surface area contributed by atoms with Crippen molar-refractivity contribution in [3.63, 3.8) is 0 Å². The second kappa shape index (κ2) is 13.2. The van der Waals surface area contributed by atoms with E-state index in [1.54, 1.807) is 5.57 Å². The van der Waals surface area contributed by atoms with Crippen LogP contribution in [-0.2, 0) is 9.53 Å². The second-order valence-electron chi connectivity index (χ2n) is 16.5. The molecule has 0 radical (unpaired) electrons. The van der Waals surface area contributed by atoms with E-state index in [-0.39, 0.29) is 11.8 Å². The zero-order valence-electron chi connectivity index (χ0n) is 27.7. The third-order valence-electron chi connectivity index (χ3n) is 12.3. The van der Waals surface area contributed by atoms with E-state index in [1.807, 2.05) is 0 Å². The van der Waals surface area contributed by atoms with E-state index in [2.05, 4.69) is 67.2 Å². The summed E-state index contributed by atoms with van der Waals surface area (Å²) in [5, 5.41) is 3.24. The molecule has 1 N–H and O–H groups in total. The summed E-state index contributed by atoms with van der Waals surface area (Å²) in [5.41, 5.74) is 2.50. The van der Waals surface area contributed by atoms with Crippen LogP contribution in [0, 0.1) is 52.3 Å². The number of nitrogens with zero attached hydrogens (tertiary/aromatic N) is 1. The molecule has 4 aliphatic rings. The van der Waals surface area contributed by atoms with E-state index in [0.717, 1.165) is 85.6 Å². The molecule has 0 aromatic rings. The van der Waals surface area contributed by atoms with Crippen molar-refractivity contribution in [1.29, 1.82) is 0 Å². The fraction of sp³-hybridized carbons (Fsp3) is 0.917. The summed E-state index contributed by atoms with van der Waals surface area (Å²) in [4.78, 5) is 13.1. The first-order chi connectivity index (χ1) is 18.8. The van der Waals surface area contributed by atoms with Crippen molar-refractivity contribution in [2.75, 3.05) is 47.4 Å². The van der Waals surface area contributed by atoms with Gasteiger partial charge in [0, 0.05) is 19.1 Å². The van der Waals surface area contributed by atoms with Gasteiger partial charge in [0.05, 0.1) is 27.7 Å². The molecule has 3 saturated carbocycles. The van der Waals surface area contributed by atoms with Crippen LogP contribution in [0.25, 0.3) is 0 Å². The van der Waals surface area contributed by atoms with Crippen LogP contribution in [0.2, 0.25) is 0 Å². The van der Waals surface area contributed by atoms with Gasteiger partial charge in [-0.2, -0.15) is 0 Å². The van der Waals surface area contributed by atoms with Crippen LogP contribution in [0.1, 0.15) is 112 Å². The lowest BCUT2D eigenvalue weighted by molar-refractivity contribution is -0.870. The number of rotatable bonds is 13. The molecule has 0 heterocycles. The highest BCUT2D eigenvalue weighted by molar-refractivity contribution is 5.79. The summed E-state index contributed by atoms with van der Waals surface area (Å²) in [5.74, 6) is 5.66. The Balaban J connectivity index is 1.28. The van der Waals surface area contributed by atoms with E-state index in [0.29, 0.717) is 10.8 Å². The summed E-state index contributed by atoms with van der Waals surface area (Å²) >= 11 is 0. The Hall–Kier alpha value is -0.870. The Kier molecular flexibility index (Phi) is 10.6. The Morgan fingerprint density at radius 2 is 1.77 bits per heavy atom. The van der Waals surface area contributed by atoms with Crippen molar-refractivity contribution in [1.82, 2.24) is 5.32 Å². The number of ether oxygens (including phenoxy) is 1. The van der Waals surface area contributed by atoms with Crippen molar-refractivity contribution in [3.8, 4) is 0 Å². The van der Waals surface area contributed by atoms with Crippen LogP contribution < -0.4 is 5.32 Å². The predicted molar refractivity (Wildman–Crippen MR) is 168 cm³/mol. The molecule has 4 nitrogen and oxygen atoms in total. The second-order valence-corrected chi connectivity index (χ2v) is 16.5. The third kappa shape index (κ3) is 7.19. The molecule has 4 rings (SSSR count). The molecule has 0 bridgehead atoms. The molecular weight excluding hydrogens is 492 g/mol. The number of amides is 1. The van der Waals surface area contributed by atoms with Crippen molar-refractivity contribution in [3.05, 3.63) is 11.6 Å². The maximum absolute atomic E-state index is 13.1. The number of carbonyl (C=O) groups excluding carboxylic acids is 1. The topological polar surface area (TPSA) is 38.3 Å². The monoisotopic (exact) mass is 558 g/mol. The molecule has 0 spiro atoms. The van der Waals surface area contributed by atoms with Crippen molar-refractivity contribution < 1.29 is 14.0 Å². The van der Waals surface area contributed by atoms with Gasteiger partial charge in [0.15, 0.2) is 0 Å². The molecule has 0 saturated heterocycles. The first-order valence-corrected chi connectivity index (χ1v) is 17.2. The van der Waals surface area contributed by atoms with Gasteiger partial charge in [0.2, 0.25) is 5.91 Å². The largest absolute Gasteiger partial charge is 0.376 e. The number of quaternary nitrogens is 1. The van der Waals surface area contributed by atoms with Crippen LogP contribution in [-0.4, -0.2) is 57.8 Å². The van der Waals surface area contributed by atoms with E-state index in [9.17, 15) is 4.79 Å². The van der Waals surface area contributed by atoms with Gasteiger partial charge in [-0.1, -0.05) is 65.5 Å². The lowest BCUT2D eigenvalue weighted by atomic mass is 9.46. The van der Waals surface area contributed by atoms with Crippen LogP contribution in [0.3, 0.4) is 0 Å². The smallest absolute Gasteiger partial charge is 0.223 e. The van der Waals surface area contributed by atoms with Crippen molar-refractivity contribution in [2.24, 2.45) is 52.3 Å². The van der Waals surface area contributed by atoms with E-state index >= 15 is 0 Å². The van der Waals surface area contributed by atoms with E-state index in [4.69, 9.17) is 4.74 Å². The molecule has 8 atom stereocenters.